The van der Waals surface area contributed by atoms with E-state index in [0.717, 1.165) is 59.1 Å². The Hall–Kier alpha value is -8.18. The quantitative estimate of drug-likeness (QED) is 0.0950. The number of nitrogens with one attached hydrogen (secondary N) is 1. The van der Waals surface area contributed by atoms with Crippen molar-refractivity contribution in [3.05, 3.63) is 202 Å². The van der Waals surface area contributed by atoms with E-state index in [9.17, 15) is 5.11 Å². The Morgan fingerprint density at radius 3 is 2.13 bits per heavy atom. The van der Waals surface area contributed by atoms with Crippen LogP contribution in [0.5, 0.6) is 17.2 Å². The minimum Gasteiger partial charge on any atom is -0.493 e. The second-order valence-electron chi connectivity index (χ2n) is 20.1. The third-order valence-corrected chi connectivity index (χ3v) is 15.8. The zero-order valence-electron chi connectivity index (χ0n) is 42.8. The maximum Gasteiger partial charge on any atom is 0.329 e. The van der Waals surface area contributed by atoms with Gasteiger partial charge in [0.2, 0.25) is 11.8 Å². The maximum atomic E-state index is 17.0. The van der Waals surface area contributed by atoms with Crippen LogP contribution < -0.4 is 24.4 Å². The number of cyclic esters (lactones) is 1. The first kappa shape index (κ1) is 50.0. The predicted molar refractivity (Wildman–Crippen MR) is 286 cm³/mol. The number of hydrogen-bond acceptors (Lipinski definition) is 10. The van der Waals surface area contributed by atoms with Gasteiger partial charge in [-0.1, -0.05) is 121 Å². The molecule has 7 atom stereocenters. The molecule has 386 valence electrons. The first-order valence-corrected chi connectivity index (χ1v) is 26.1. The molecule has 11 rings (SSSR count). The molecule has 0 bridgehead atoms. The number of benzene rings is 6. The number of rotatable bonds is 11. The van der Waals surface area contributed by atoms with E-state index in [4.69, 9.17) is 18.9 Å². The average molecular weight is 1020 g/mol. The molecule has 5 aliphatic rings. The first-order chi connectivity index (χ1) is 37.1. The Morgan fingerprint density at radius 2 is 1.46 bits per heavy atom. The summed E-state index contributed by atoms with van der Waals surface area (Å²) < 4.78 is 24.1. The summed E-state index contributed by atoms with van der Waals surface area (Å²) in [5, 5.41) is 12.9. The fraction of sp³-hybridized carbons (Fsp3) is 0.302. The fourth-order valence-electron chi connectivity index (χ4n) is 12.3. The summed E-state index contributed by atoms with van der Waals surface area (Å²) in [5.74, 6) is 5.09. The fourth-order valence-corrected chi connectivity index (χ4v) is 12.3. The van der Waals surface area contributed by atoms with Crippen molar-refractivity contribution in [3.8, 4) is 29.1 Å². The van der Waals surface area contributed by atoms with Crippen molar-refractivity contribution in [1.82, 2.24) is 15.1 Å². The summed E-state index contributed by atoms with van der Waals surface area (Å²) in [6.07, 6.45) is 5.64. The van der Waals surface area contributed by atoms with Gasteiger partial charge in [0.15, 0.2) is 11.5 Å². The molecule has 0 aromatic heterocycles. The van der Waals surface area contributed by atoms with Crippen molar-refractivity contribution < 1.29 is 43.2 Å². The van der Waals surface area contributed by atoms with Gasteiger partial charge >= 0.3 is 12.0 Å². The van der Waals surface area contributed by atoms with Crippen LogP contribution in [0.15, 0.2) is 157 Å². The smallest absolute Gasteiger partial charge is 0.329 e. The van der Waals surface area contributed by atoms with E-state index in [-0.39, 0.29) is 32.0 Å². The lowest BCUT2D eigenvalue weighted by atomic mass is 9.64. The number of hydrogen-bond donors (Lipinski definition) is 2. The molecule has 13 heteroatoms. The van der Waals surface area contributed by atoms with Gasteiger partial charge in [0.05, 0.1) is 50.6 Å². The Labute approximate surface area is 443 Å². The molecule has 1 aliphatic carbocycles. The lowest BCUT2D eigenvalue weighted by molar-refractivity contribution is -0.179. The molecular formula is C63H60N4O9. The average Bonchev–Trinajstić information content (AvgIpc) is 3.95. The summed E-state index contributed by atoms with van der Waals surface area (Å²) in [7, 11) is 3.15. The Bertz CT molecular complexity index is 3260. The molecule has 13 nitrogen and oxygen atoms in total. The molecule has 6 aromatic rings. The highest BCUT2D eigenvalue weighted by molar-refractivity contribution is 6.24. The van der Waals surface area contributed by atoms with E-state index in [1.165, 1.54) is 4.90 Å². The summed E-state index contributed by atoms with van der Waals surface area (Å²) in [4.78, 5) is 69.9. The number of methoxy groups -OCH3 is 2. The molecule has 1 spiro atoms. The first-order valence-electron chi connectivity index (χ1n) is 26.1. The number of anilines is 1. The molecule has 2 fully saturated rings. The third kappa shape index (κ3) is 8.85. The summed E-state index contributed by atoms with van der Waals surface area (Å²) in [6, 6.07) is 40.8. The van der Waals surface area contributed by atoms with Gasteiger partial charge in [-0.15, -0.1) is 0 Å². The molecule has 4 amide bonds. The van der Waals surface area contributed by atoms with Crippen LogP contribution in [0.1, 0.15) is 101 Å². The van der Waals surface area contributed by atoms with Gasteiger partial charge < -0.3 is 34.3 Å². The number of carbonyl (C=O) groups excluding carboxylic acids is 4. The molecule has 0 saturated carbocycles. The minimum absolute atomic E-state index is 0.0494. The SMILES string of the molecule is COc1cc2c(cc1OC)CN(C(=O)[C@H]1[C@@H]3C(=O)O[C@@H](c4ccccc4)[C@@H](c4ccccc4)N3[C@@H](c3ccc(OCCO)cc3)[C@]13C(=O)N(C(=O)N[C@H](C)c1ccccc1)c1ccc(C#CC4=CCCCC4)cc13)CC2. The number of amides is 4. The van der Waals surface area contributed by atoms with Crippen LogP contribution in [0.4, 0.5) is 10.5 Å². The van der Waals surface area contributed by atoms with Gasteiger partial charge in [0.25, 0.3) is 0 Å². The minimum atomic E-state index is -1.99. The zero-order chi connectivity index (χ0) is 52.5. The monoisotopic (exact) mass is 1020 g/mol. The van der Waals surface area contributed by atoms with Crippen LogP contribution >= 0.6 is 0 Å². The number of urea groups is 1. The lowest BCUT2D eigenvalue weighted by Gasteiger charge is -2.46. The number of imide groups is 1. The number of esters is 1. The van der Waals surface area contributed by atoms with E-state index < -0.39 is 65.4 Å². The molecule has 0 radical (unpaired) electrons. The number of nitrogens with zero attached hydrogens (tertiary/aromatic N) is 3. The van der Waals surface area contributed by atoms with Crippen LogP contribution in [0.2, 0.25) is 0 Å². The lowest BCUT2D eigenvalue weighted by Crippen LogP contribution is -2.57. The highest BCUT2D eigenvalue weighted by Crippen LogP contribution is 2.66. The van der Waals surface area contributed by atoms with Crippen molar-refractivity contribution in [2.45, 2.75) is 81.3 Å². The summed E-state index contributed by atoms with van der Waals surface area (Å²) >= 11 is 0. The van der Waals surface area contributed by atoms with Crippen molar-refractivity contribution in [2.75, 3.05) is 38.9 Å². The van der Waals surface area contributed by atoms with Crippen molar-refractivity contribution in [3.63, 3.8) is 0 Å². The van der Waals surface area contributed by atoms with Crippen LogP contribution in [0.3, 0.4) is 0 Å². The summed E-state index contributed by atoms with van der Waals surface area (Å²) in [6.45, 7) is 2.10. The van der Waals surface area contributed by atoms with Crippen LogP contribution in [-0.4, -0.2) is 78.7 Å². The van der Waals surface area contributed by atoms with Gasteiger partial charge in [-0.2, -0.15) is 0 Å². The molecule has 4 aliphatic heterocycles. The number of morpholine rings is 1. The number of aliphatic hydroxyl groups excluding tert-OH is 1. The highest BCUT2D eigenvalue weighted by atomic mass is 16.6. The van der Waals surface area contributed by atoms with E-state index >= 15 is 19.2 Å². The Kier molecular flexibility index (Phi) is 14.0. The van der Waals surface area contributed by atoms with E-state index in [2.05, 4.69) is 23.2 Å². The van der Waals surface area contributed by atoms with Gasteiger partial charge in [-0.3, -0.25) is 19.3 Å². The molecule has 76 heavy (non-hydrogen) atoms. The topological polar surface area (TPSA) is 147 Å². The summed E-state index contributed by atoms with van der Waals surface area (Å²) in [5.41, 5.74) is 5.02. The van der Waals surface area contributed by atoms with Gasteiger partial charge in [0.1, 0.15) is 29.9 Å². The molecule has 2 saturated heterocycles. The van der Waals surface area contributed by atoms with E-state index in [1.54, 1.807) is 37.3 Å². The van der Waals surface area contributed by atoms with Crippen molar-refractivity contribution in [2.24, 2.45) is 5.92 Å². The molecule has 0 unspecified atom stereocenters. The number of fused-ring (bicyclic) bond motifs is 4. The highest BCUT2D eigenvalue weighted by Gasteiger charge is 2.76. The molecule has 4 heterocycles. The second-order valence-corrected chi connectivity index (χ2v) is 20.1. The van der Waals surface area contributed by atoms with Crippen LogP contribution in [-0.2, 0) is 37.5 Å². The van der Waals surface area contributed by atoms with E-state index in [0.29, 0.717) is 40.4 Å². The zero-order valence-corrected chi connectivity index (χ0v) is 42.8. The Morgan fingerprint density at radius 1 is 0.776 bits per heavy atom. The maximum absolute atomic E-state index is 17.0. The van der Waals surface area contributed by atoms with Gasteiger partial charge in [-0.05, 0) is 126 Å². The standard InChI is InChI=1S/C63H60N4O9/c1-40(43-18-10-5-11-19-43)64-62(72)66-51-31-26-42(25-24-41-16-8-4-9-17-41)36-50(51)63(61(66)71)54(59(69)65-33-32-47-37-52(73-2)53(74-3)38-48(47)39-65)56-60(70)76-57(45-22-14-7-15-23-45)55(44-20-12-6-13-21-44)67(56)58(63)46-27-29-49(30-28-46)75-35-34-68/h5-7,10-16,18-23,26-31,36-38,40,54-58,68H,4,8-9,17,32-35,39H2,1-3H3,(H,64,72)/t40-,54-,55-,56-,57+,58+,63-/m1/s1. The van der Waals surface area contributed by atoms with E-state index in [1.807, 2.05) is 139 Å². The van der Waals surface area contributed by atoms with Crippen LogP contribution in [0.25, 0.3) is 0 Å². The normalized spacial score (nSPS) is 23.0. The van der Waals surface area contributed by atoms with Crippen molar-refractivity contribution >= 4 is 29.5 Å². The van der Waals surface area contributed by atoms with Gasteiger partial charge in [-0.25, -0.2) is 9.69 Å². The Balaban J connectivity index is 1.18. The van der Waals surface area contributed by atoms with Gasteiger partial charge in [0, 0.05) is 18.7 Å². The van der Waals surface area contributed by atoms with Crippen molar-refractivity contribution in [1.29, 1.82) is 0 Å². The third-order valence-electron chi connectivity index (χ3n) is 15.8. The second kappa shape index (κ2) is 21.2. The number of allylic oxidation sites excluding steroid dienone is 2. The molecule has 6 aromatic carbocycles. The predicted octanol–water partition coefficient (Wildman–Crippen LogP) is 9.65. The molecular weight excluding hydrogens is 957 g/mol. The number of carbonyl (C=O) groups is 4. The largest absolute Gasteiger partial charge is 0.493 e. The number of aliphatic hydroxyl groups is 1. The van der Waals surface area contributed by atoms with Crippen LogP contribution in [0, 0.1) is 17.8 Å². The number of ether oxygens (including phenoxy) is 4. The molecule has 2 N–H and O–H groups in total.